The lowest BCUT2D eigenvalue weighted by atomic mass is 9.92. The van der Waals surface area contributed by atoms with E-state index in [2.05, 4.69) is 11.2 Å². The molecular weight excluding hydrogens is 450 g/mol. The monoisotopic (exact) mass is 477 g/mol. The van der Waals surface area contributed by atoms with Crippen molar-refractivity contribution in [2.75, 3.05) is 12.3 Å². The van der Waals surface area contributed by atoms with Gasteiger partial charge in [-0.15, -0.1) is 0 Å². The van der Waals surface area contributed by atoms with Gasteiger partial charge in [0.2, 0.25) is 5.60 Å². The number of anilines is 1. The quantitative estimate of drug-likeness (QED) is 0.509. The van der Waals surface area contributed by atoms with Crippen molar-refractivity contribution in [2.24, 2.45) is 11.7 Å². The zero-order chi connectivity index (χ0) is 24.7. The lowest BCUT2D eigenvalue weighted by Gasteiger charge is -2.27. The van der Waals surface area contributed by atoms with E-state index >= 15 is 0 Å². The van der Waals surface area contributed by atoms with E-state index < -0.39 is 42.2 Å². The standard InChI is InChI=1S/C25H27N5O5/c1-14(2)20(28)23(31)32-12-18-21-22(34-24(33-21)15-6-4-3-5-7-15)25(13-26,35-18)19-9-8-17-16(27)10-11-29-30(17)19/h3-11,14,18,20-22,24H,12,27-28H2,1-2H3/t18-,20+,21-,22-,24?,25+/m1/s1. The molecule has 0 saturated carbocycles. The number of benzene rings is 1. The second-order valence-corrected chi connectivity index (χ2v) is 9.11. The van der Waals surface area contributed by atoms with Crippen LogP contribution in [0.25, 0.3) is 5.52 Å². The summed E-state index contributed by atoms with van der Waals surface area (Å²) in [5.74, 6) is -0.634. The fourth-order valence-corrected chi connectivity index (χ4v) is 4.54. The second-order valence-electron chi connectivity index (χ2n) is 9.11. The van der Waals surface area contributed by atoms with Gasteiger partial charge >= 0.3 is 5.97 Å². The van der Waals surface area contributed by atoms with E-state index in [0.717, 1.165) is 5.56 Å². The van der Waals surface area contributed by atoms with Crippen molar-refractivity contribution in [3.8, 4) is 6.07 Å². The van der Waals surface area contributed by atoms with Crippen LogP contribution in [0.1, 0.15) is 31.4 Å². The molecule has 35 heavy (non-hydrogen) atoms. The van der Waals surface area contributed by atoms with Crippen molar-refractivity contribution in [2.45, 2.75) is 50.1 Å². The maximum absolute atomic E-state index is 12.4. The first-order chi connectivity index (χ1) is 16.9. The fraction of sp³-hybridized carbons (Fsp3) is 0.400. The number of rotatable bonds is 6. The summed E-state index contributed by atoms with van der Waals surface area (Å²) in [6.45, 7) is 3.53. The molecule has 5 rings (SSSR count). The van der Waals surface area contributed by atoms with Crippen LogP contribution in [0, 0.1) is 17.2 Å². The maximum atomic E-state index is 12.4. The minimum atomic E-state index is -1.58. The van der Waals surface area contributed by atoms with Crippen molar-refractivity contribution >= 4 is 17.2 Å². The third kappa shape index (κ3) is 3.83. The molecule has 0 radical (unpaired) electrons. The Hall–Kier alpha value is -3.49. The topological polar surface area (TPSA) is 147 Å². The molecule has 10 nitrogen and oxygen atoms in total. The average Bonchev–Trinajstić information content (AvgIpc) is 3.57. The predicted molar refractivity (Wildman–Crippen MR) is 124 cm³/mol. The van der Waals surface area contributed by atoms with Crippen molar-refractivity contribution in [1.29, 1.82) is 5.26 Å². The lowest BCUT2D eigenvalue weighted by molar-refractivity contribution is -0.172. The van der Waals surface area contributed by atoms with Gasteiger partial charge in [0.05, 0.1) is 16.9 Å². The van der Waals surface area contributed by atoms with Gasteiger partial charge in [-0.25, -0.2) is 4.52 Å². The highest BCUT2D eigenvalue weighted by atomic mass is 16.8. The van der Waals surface area contributed by atoms with Crippen LogP contribution < -0.4 is 11.5 Å². The van der Waals surface area contributed by atoms with Gasteiger partial charge in [-0.1, -0.05) is 44.2 Å². The molecule has 4 N–H and O–H groups in total. The van der Waals surface area contributed by atoms with Crippen molar-refractivity contribution < 1.29 is 23.7 Å². The molecule has 0 amide bonds. The number of nitrogen functional groups attached to an aromatic ring is 1. The Labute approximate surface area is 202 Å². The molecule has 0 spiro atoms. The number of carbonyl (C=O) groups excluding carboxylic acids is 1. The number of carbonyl (C=O) groups is 1. The Bertz CT molecular complexity index is 1270. The Morgan fingerprint density at radius 3 is 2.71 bits per heavy atom. The Morgan fingerprint density at radius 1 is 1.23 bits per heavy atom. The number of nitrogens with two attached hydrogens (primary N) is 2. The van der Waals surface area contributed by atoms with E-state index in [1.54, 1.807) is 28.9 Å². The molecule has 2 aromatic heterocycles. The van der Waals surface area contributed by atoms with Gasteiger partial charge in [-0.3, -0.25) is 4.79 Å². The maximum Gasteiger partial charge on any atom is 0.323 e. The molecule has 2 aliphatic rings. The number of hydrogen-bond donors (Lipinski definition) is 2. The van der Waals surface area contributed by atoms with Gasteiger partial charge in [0.25, 0.3) is 0 Å². The van der Waals surface area contributed by atoms with Gasteiger partial charge in [-0.05, 0) is 24.1 Å². The molecule has 1 aromatic carbocycles. The van der Waals surface area contributed by atoms with Crippen LogP contribution >= 0.6 is 0 Å². The molecule has 182 valence electrons. The normalized spacial score (nSPS) is 28.7. The summed E-state index contributed by atoms with van der Waals surface area (Å²) in [4.78, 5) is 12.4. The zero-order valence-electron chi connectivity index (χ0n) is 19.4. The summed E-state index contributed by atoms with van der Waals surface area (Å²) < 4.78 is 25.9. The van der Waals surface area contributed by atoms with Crippen LogP contribution in [0.2, 0.25) is 0 Å². The van der Waals surface area contributed by atoms with E-state index in [-0.39, 0.29) is 12.5 Å². The van der Waals surface area contributed by atoms with Crippen molar-refractivity contribution in [1.82, 2.24) is 9.61 Å². The van der Waals surface area contributed by atoms with E-state index in [0.29, 0.717) is 16.9 Å². The molecule has 0 aliphatic carbocycles. The molecule has 1 unspecified atom stereocenters. The fourth-order valence-electron chi connectivity index (χ4n) is 4.54. The van der Waals surface area contributed by atoms with Gasteiger partial charge < -0.3 is 30.4 Å². The smallest absolute Gasteiger partial charge is 0.323 e. The summed E-state index contributed by atoms with van der Waals surface area (Å²) in [7, 11) is 0. The third-order valence-corrected chi connectivity index (χ3v) is 6.54. The van der Waals surface area contributed by atoms with E-state index in [1.165, 1.54) is 0 Å². The molecule has 3 aromatic rings. The number of fused-ring (bicyclic) bond motifs is 2. The van der Waals surface area contributed by atoms with Crippen LogP contribution in [0.3, 0.4) is 0 Å². The van der Waals surface area contributed by atoms with Crippen LogP contribution in [-0.2, 0) is 29.3 Å². The average molecular weight is 478 g/mol. The molecular formula is C25H27N5O5. The summed E-state index contributed by atoms with van der Waals surface area (Å²) in [6, 6.07) is 16.1. The zero-order valence-corrected chi connectivity index (χ0v) is 19.4. The highest BCUT2D eigenvalue weighted by Crippen LogP contribution is 2.50. The van der Waals surface area contributed by atoms with E-state index in [9.17, 15) is 10.1 Å². The lowest BCUT2D eigenvalue weighted by Crippen LogP contribution is -2.40. The number of hydrogen-bond acceptors (Lipinski definition) is 9. The van der Waals surface area contributed by atoms with Gasteiger partial charge in [-0.2, -0.15) is 10.4 Å². The van der Waals surface area contributed by atoms with E-state index in [1.807, 2.05) is 44.2 Å². The first-order valence-electron chi connectivity index (χ1n) is 11.5. The molecule has 4 heterocycles. The van der Waals surface area contributed by atoms with Crippen LogP contribution in [0.15, 0.2) is 54.7 Å². The predicted octanol–water partition coefficient (Wildman–Crippen LogP) is 2.04. The number of aromatic nitrogens is 2. The number of esters is 1. The number of nitrogens with zero attached hydrogens (tertiary/aromatic N) is 3. The minimum Gasteiger partial charge on any atom is -0.462 e. The summed E-state index contributed by atoms with van der Waals surface area (Å²) in [6.07, 6.45) is -1.45. The van der Waals surface area contributed by atoms with Crippen molar-refractivity contribution in [3.63, 3.8) is 0 Å². The van der Waals surface area contributed by atoms with Crippen LogP contribution in [0.5, 0.6) is 0 Å². The Morgan fingerprint density at radius 2 is 2.00 bits per heavy atom. The van der Waals surface area contributed by atoms with Gasteiger partial charge in [0.1, 0.15) is 37.0 Å². The number of ether oxygens (including phenoxy) is 4. The van der Waals surface area contributed by atoms with Crippen LogP contribution in [0.4, 0.5) is 5.69 Å². The first-order valence-corrected chi connectivity index (χ1v) is 11.5. The first kappa shape index (κ1) is 23.3. The largest absolute Gasteiger partial charge is 0.462 e. The molecule has 10 heteroatoms. The summed E-state index contributed by atoms with van der Waals surface area (Å²) in [5.41, 5.74) is 12.8. The van der Waals surface area contributed by atoms with Gasteiger partial charge in [0.15, 0.2) is 6.29 Å². The van der Waals surface area contributed by atoms with Crippen molar-refractivity contribution in [3.05, 3.63) is 66.0 Å². The Balaban J connectivity index is 1.51. The highest BCUT2D eigenvalue weighted by molar-refractivity contribution is 5.75. The minimum absolute atomic E-state index is 0.0879. The SMILES string of the molecule is CC(C)[C@H](N)C(=O)OC[C@H]1O[C@@](C#N)(c2ccc3c(N)ccnn23)[C@@H]2OC(c3ccccc3)O[C@@H]21. The Kier molecular flexibility index (Phi) is 5.94. The number of nitriles is 1. The summed E-state index contributed by atoms with van der Waals surface area (Å²) in [5, 5.41) is 14.8. The highest BCUT2D eigenvalue weighted by Gasteiger charge is 2.64. The second kappa shape index (κ2) is 8.94. The molecule has 2 fully saturated rings. The van der Waals surface area contributed by atoms with Crippen LogP contribution in [-0.4, -0.2) is 46.5 Å². The van der Waals surface area contributed by atoms with Gasteiger partial charge in [0, 0.05) is 11.8 Å². The van der Waals surface area contributed by atoms with E-state index in [4.69, 9.17) is 30.4 Å². The molecule has 6 atom stereocenters. The molecule has 2 saturated heterocycles. The molecule has 0 bridgehead atoms. The summed E-state index contributed by atoms with van der Waals surface area (Å²) >= 11 is 0. The third-order valence-electron chi connectivity index (χ3n) is 6.54. The molecule has 2 aliphatic heterocycles.